The molecule has 0 aliphatic heterocycles. The second kappa shape index (κ2) is 6.39. The van der Waals surface area contributed by atoms with Gasteiger partial charge in [0.05, 0.1) is 16.3 Å². The molecule has 1 aliphatic rings. The van der Waals surface area contributed by atoms with Crippen LogP contribution in [0.15, 0.2) is 36.5 Å². The van der Waals surface area contributed by atoms with E-state index in [1.807, 2.05) is 29.5 Å². The number of fused-ring (bicyclic) bond motifs is 3. The summed E-state index contributed by atoms with van der Waals surface area (Å²) < 4.78 is 7.70. The molecule has 4 aromatic rings. The molecule has 0 atom stereocenters. The van der Waals surface area contributed by atoms with Crippen molar-refractivity contribution in [3.05, 3.63) is 47.2 Å². The van der Waals surface area contributed by atoms with Crippen LogP contribution in [0.5, 0.6) is 5.75 Å². The molecule has 0 amide bonds. The molecule has 3 aromatic heterocycles. The van der Waals surface area contributed by atoms with E-state index in [1.165, 1.54) is 0 Å². The van der Waals surface area contributed by atoms with Gasteiger partial charge in [-0.2, -0.15) is 0 Å². The van der Waals surface area contributed by atoms with Crippen molar-refractivity contribution in [3.63, 3.8) is 0 Å². The molecule has 1 fully saturated rings. The number of nitrogens with zero attached hydrogens (tertiary/aromatic N) is 5. The van der Waals surface area contributed by atoms with Crippen molar-refractivity contribution in [2.45, 2.75) is 31.8 Å². The lowest BCUT2D eigenvalue weighted by Gasteiger charge is -2.36. The second-order valence-electron chi connectivity index (χ2n) is 7.23. The van der Waals surface area contributed by atoms with Crippen LogP contribution >= 0.6 is 11.6 Å². The molecule has 0 radical (unpaired) electrons. The van der Waals surface area contributed by atoms with Crippen molar-refractivity contribution in [2.75, 3.05) is 6.61 Å². The summed E-state index contributed by atoms with van der Waals surface area (Å²) in [7, 11) is 0. The molecular formula is C20H18ClN5O2. The van der Waals surface area contributed by atoms with Crippen molar-refractivity contribution < 1.29 is 9.84 Å². The Morgan fingerprint density at radius 3 is 2.86 bits per heavy atom. The van der Waals surface area contributed by atoms with Crippen molar-refractivity contribution in [1.29, 1.82) is 0 Å². The maximum Gasteiger partial charge on any atom is 0.184 e. The van der Waals surface area contributed by atoms with Crippen LogP contribution in [-0.2, 0) is 0 Å². The van der Waals surface area contributed by atoms with Gasteiger partial charge in [-0.25, -0.2) is 9.97 Å². The Morgan fingerprint density at radius 2 is 2.07 bits per heavy atom. The fourth-order valence-corrected chi connectivity index (χ4v) is 3.69. The number of ether oxygens (including phenoxy) is 1. The van der Waals surface area contributed by atoms with Crippen molar-refractivity contribution >= 4 is 28.4 Å². The molecule has 142 valence electrons. The summed E-state index contributed by atoms with van der Waals surface area (Å²) in [6.45, 7) is 2.16. The first-order valence-electron chi connectivity index (χ1n) is 9.16. The van der Waals surface area contributed by atoms with Crippen LogP contribution in [0.4, 0.5) is 0 Å². The highest BCUT2D eigenvalue weighted by Gasteiger charge is 2.35. The molecule has 1 N–H and O–H groups in total. The summed E-state index contributed by atoms with van der Waals surface area (Å²) in [4.78, 5) is 9.01. The predicted octanol–water partition coefficient (Wildman–Crippen LogP) is 3.60. The molecule has 8 heteroatoms. The van der Waals surface area contributed by atoms with Gasteiger partial charge in [-0.15, -0.1) is 10.2 Å². The monoisotopic (exact) mass is 395 g/mol. The zero-order valence-electron chi connectivity index (χ0n) is 15.3. The van der Waals surface area contributed by atoms with Gasteiger partial charge >= 0.3 is 0 Å². The number of hydrogen-bond acceptors (Lipinski definition) is 6. The quantitative estimate of drug-likeness (QED) is 0.568. The second-order valence-corrected chi connectivity index (χ2v) is 7.64. The van der Waals surface area contributed by atoms with Gasteiger partial charge in [0.25, 0.3) is 0 Å². The van der Waals surface area contributed by atoms with Gasteiger partial charge in [0.15, 0.2) is 17.1 Å². The number of pyridine rings is 1. The average molecular weight is 396 g/mol. The molecule has 1 saturated carbocycles. The normalized spacial score (nSPS) is 15.7. The SMILES string of the molecule is Cc1nc2cccnc2n2c(-c3cc(OCC4(O)CCC4)ccc3Cl)nnc12. The molecule has 28 heavy (non-hydrogen) atoms. The van der Waals surface area contributed by atoms with E-state index in [4.69, 9.17) is 16.3 Å². The highest BCUT2D eigenvalue weighted by molar-refractivity contribution is 6.33. The minimum absolute atomic E-state index is 0.266. The fourth-order valence-electron chi connectivity index (χ4n) is 3.48. The van der Waals surface area contributed by atoms with E-state index in [1.54, 1.807) is 18.3 Å². The highest BCUT2D eigenvalue weighted by Crippen LogP contribution is 2.35. The molecule has 5 rings (SSSR count). The first-order valence-corrected chi connectivity index (χ1v) is 9.53. The molecule has 1 aromatic carbocycles. The summed E-state index contributed by atoms with van der Waals surface area (Å²) >= 11 is 6.49. The van der Waals surface area contributed by atoms with Crippen LogP contribution in [0.3, 0.4) is 0 Å². The van der Waals surface area contributed by atoms with Crippen LogP contribution in [0, 0.1) is 6.92 Å². The maximum absolute atomic E-state index is 10.3. The van der Waals surface area contributed by atoms with Crippen molar-refractivity contribution in [2.24, 2.45) is 0 Å². The van der Waals surface area contributed by atoms with E-state index in [2.05, 4.69) is 20.2 Å². The third-order valence-corrected chi connectivity index (χ3v) is 5.55. The van der Waals surface area contributed by atoms with Gasteiger partial charge < -0.3 is 9.84 Å². The lowest BCUT2D eigenvalue weighted by atomic mass is 9.81. The number of aliphatic hydroxyl groups is 1. The molecular weight excluding hydrogens is 378 g/mol. The summed E-state index contributed by atoms with van der Waals surface area (Å²) in [5.74, 6) is 1.20. The molecule has 0 bridgehead atoms. The van der Waals surface area contributed by atoms with Gasteiger partial charge in [-0.3, -0.25) is 4.40 Å². The van der Waals surface area contributed by atoms with Crippen LogP contribution in [-0.4, -0.2) is 41.9 Å². The van der Waals surface area contributed by atoms with E-state index in [9.17, 15) is 5.11 Å². The van der Waals surface area contributed by atoms with Crippen molar-refractivity contribution in [1.82, 2.24) is 24.6 Å². The standard InChI is InChI=1S/C20H18ClN5O2/c1-12-17-24-25-18(26(17)19-16(23-12)4-2-9-22-19)14-10-13(5-6-15(14)21)28-11-20(27)7-3-8-20/h2,4-6,9-10,27H,3,7-8,11H2,1H3. The topological polar surface area (TPSA) is 85.4 Å². The van der Waals surface area contributed by atoms with Crippen LogP contribution in [0.2, 0.25) is 5.02 Å². The average Bonchev–Trinajstić information content (AvgIpc) is 3.12. The van der Waals surface area contributed by atoms with E-state index < -0.39 is 5.60 Å². The molecule has 0 saturated heterocycles. The number of benzene rings is 1. The Kier molecular flexibility index (Phi) is 3.96. The van der Waals surface area contributed by atoms with E-state index in [0.717, 1.165) is 30.5 Å². The minimum Gasteiger partial charge on any atom is -0.491 e. The third-order valence-electron chi connectivity index (χ3n) is 5.22. The van der Waals surface area contributed by atoms with E-state index in [-0.39, 0.29) is 6.61 Å². The third kappa shape index (κ3) is 2.78. The van der Waals surface area contributed by atoms with Gasteiger partial charge in [-0.05, 0) is 56.5 Å². The fraction of sp³-hybridized carbons (Fsp3) is 0.300. The minimum atomic E-state index is -0.718. The van der Waals surface area contributed by atoms with Gasteiger partial charge in [-0.1, -0.05) is 11.6 Å². The van der Waals surface area contributed by atoms with Gasteiger partial charge in [0.2, 0.25) is 0 Å². The number of rotatable bonds is 4. The largest absolute Gasteiger partial charge is 0.491 e. The summed E-state index contributed by atoms with van der Waals surface area (Å²) in [5, 5.41) is 19.5. The lowest BCUT2D eigenvalue weighted by Crippen LogP contribution is -2.42. The molecule has 0 unspecified atom stereocenters. The van der Waals surface area contributed by atoms with E-state index in [0.29, 0.717) is 33.5 Å². The maximum atomic E-state index is 10.3. The lowest BCUT2D eigenvalue weighted by molar-refractivity contribution is -0.0663. The van der Waals surface area contributed by atoms with Crippen molar-refractivity contribution in [3.8, 4) is 17.1 Å². The number of aromatic nitrogens is 5. The Morgan fingerprint density at radius 1 is 1.21 bits per heavy atom. The molecule has 1 aliphatic carbocycles. The zero-order valence-corrected chi connectivity index (χ0v) is 16.0. The summed E-state index contributed by atoms with van der Waals surface area (Å²) in [6, 6.07) is 9.13. The smallest absolute Gasteiger partial charge is 0.184 e. The molecule has 7 nitrogen and oxygen atoms in total. The van der Waals surface area contributed by atoms with Crippen LogP contribution < -0.4 is 4.74 Å². The number of hydrogen-bond donors (Lipinski definition) is 1. The molecule has 0 spiro atoms. The first-order chi connectivity index (χ1) is 13.5. The first kappa shape index (κ1) is 17.3. The summed E-state index contributed by atoms with van der Waals surface area (Å²) in [6.07, 6.45) is 4.28. The number of aryl methyl sites for hydroxylation is 1. The van der Waals surface area contributed by atoms with E-state index >= 15 is 0 Å². The zero-order chi connectivity index (χ0) is 19.3. The van der Waals surface area contributed by atoms with Gasteiger partial charge in [0.1, 0.15) is 17.9 Å². The van der Waals surface area contributed by atoms with Crippen LogP contribution in [0.25, 0.3) is 28.2 Å². The number of halogens is 1. The Hall–Kier alpha value is -2.77. The highest BCUT2D eigenvalue weighted by atomic mass is 35.5. The van der Waals surface area contributed by atoms with Gasteiger partial charge in [0, 0.05) is 11.8 Å². The Bertz CT molecular complexity index is 1200. The Labute approximate surface area is 166 Å². The predicted molar refractivity (Wildman–Crippen MR) is 106 cm³/mol. The molecule has 3 heterocycles. The van der Waals surface area contributed by atoms with Crippen LogP contribution in [0.1, 0.15) is 25.0 Å². The Balaban J connectivity index is 1.62. The summed E-state index contributed by atoms with van der Waals surface area (Å²) in [5.41, 5.74) is 2.77.